The molecule has 7 nitrogen and oxygen atoms in total. The van der Waals surface area contributed by atoms with Crippen LogP contribution in [-0.4, -0.2) is 38.3 Å². The van der Waals surface area contributed by atoms with Crippen molar-refractivity contribution in [2.45, 2.75) is 11.3 Å². The molecule has 3 rings (SSSR count). The standard InChI is InChI=1S/C16H16N2O5S/c19-16(18-15-3-1-2-7-17-15)6-10-24(20,21)12-4-5-13-14(11-12)23-9-8-22-13/h1-5,7,11H,6,8-10H2,(H,17,18,19). The van der Waals surface area contributed by atoms with Crippen LogP contribution in [0.5, 0.6) is 11.5 Å². The molecule has 1 aromatic carbocycles. The number of rotatable bonds is 5. The molecule has 1 amide bonds. The molecule has 0 atom stereocenters. The Morgan fingerprint density at radius 1 is 1.12 bits per heavy atom. The normalized spacial score (nSPS) is 13.3. The summed E-state index contributed by atoms with van der Waals surface area (Å²) < 4.78 is 35.5. The maximum Gasteiger partial charge on any atom is 0.226 e. The first-order chi connectivity index (χ1) is 11.5. The molecular weight excluding hydrogens is 332 g/mol. The third-order valence-corrected chi connectivity index (χ3v) is 5.12. The fourth-order valence-corrected chi connectivity index (χ4v) is 3.46. The molecule has 24 heavy (non-hydrogen) atoms. The summed E-state index contributed by atoms with van der Waals surface area (Å²) in [5, 5.41) is 2.56. The summed E-state index contributed by atoms with van der Waals surface area (Å²) in [7, 11) is -3.60. The average Bonchev–Trinajstić information content (AvgIpc) is 2.60. The first-order valence-electron chi connectivity index (χ1n) is 7.38. The van der Waals surface area contributed by atoms with Gasteiger partial charge < -0.3 is 14.8 Å². The summed E-state index contributed by atoms with van der Waals surface area (Å²) in [6.45, 7) is 0.815. The van der Waals surface area contributed by atoms with Gasteiger partial charge in [-0.25, -0.2) is 13.4 Å². The molecule has 0 aliphatic carbocycles. The molecule has 0 fully saturated rings. The molecular formula is C16H16N2O5S. The predicted octanol–water partition coefficient (Wildman–Crippen LogP) is 1.66. The lowest BCUT2D eigenvalue weighted by atomic mass is 10.3. The monoisotopic (exact) mass is 348 g/mol. The van der Waals surface area contributed by atoms with Crippen molar-refractivity contribution in [1.29, 1.82) is 0 Å². The van der Waals surface area contributed by atoms with Crippen molar-refractivity contribution in [3.05, 3.63) is 42.6 Å². The number of fused-ring (bicyclic) bond motifs is 1. The van der Waals surface area contributed by atoms with Crippen molar-refractivity contribution in [3.8, 4) is 11.5 Å². The Hall–Kier alpha value is -2.61. The van der Waals surface area contributed by atoms with Crippen molar-refractivity contribution in [2.75, 3.05) is 24.3 Å². The molecule has 2 heterocycles. The number of sulfone groups is 1. The average molecular weight is 348 g/mol. The van der Waals surface area contributed by atoms with Crippen LogP contribution in [0.1, 0.15) is 6.42 Å². The van der Waals surface area contributed by atoms with Crippen LogP contribution in [0.15, 0.2) is 47.5 Å². The highest BCUT2D eigenvalue weighted by atomic mass is 32.2. The van der Waals surface area contributed by atoms with Crippen LogP contribution in [0, 0.1) is 0 Å². The highest BCUT2D eigenvalue weighted by molar-refractivity contribution is 7.91. The Morgan fingerprint density at radius 2 is 1.92 bits per heavy atom. The van der Waals surface area contributed by atoms with Crippen molar-refractivity contribution in [3.63, 3.8) is 0 Å². The minimum atomic E-state index is -3.60. The van der Waals surface area contributed by atoms with Gasteiger partial charge in [-0.05, 0) is 24.3 Å². The van der Waals surface area contributed by atoms with Gasteiger partial charge in [0.25, 0.3) is 0 Å². The molecule has 1 aliphatic heterocycles. The SMILES string of the molecule is O=C(CCS(=O)(=O)c1ccc2c(c1)OCCO2)Nc1ccccn1. The van der Waals surface area contributed by atoms with Gasteiger partial charge in [0, 0.05) is 18.7 Å². The van der Waals surface area contributed by atoms with Gasteiger partial charge >= 0.3 is 0 Å². The number of pyridine rings is 1. The number of ether oxygens (including phenoxy) is 2. The van der Waals surface area contributed by atoms with E-state index in [1.165, 1.54) is 12.1 Å². The summed E-state index contributed by atoms with van der Waals surface area (Å²) in [4.78, 5) is 15.9. The first kappa shape index (κ1) is 16.3. The zero-order valence-corrected chi connectivity index (χ0v) is 13.6. The molecule has 0 unspecified atom stereocenters. The van der Waals surface area contributed by atoms with Gasteiger partial charge in [-0.2, -0.15) is 0 Å². The van der Waals surface area contributed by atoms with Crippen LogP contribution in [0.25, 0.3) is 0 Å². The van der Waals surface area contributed by atoms with E-state index in [0.29, 0.717) is 30.5 Å². The highest BCUT2D eigenvalue weighted by Crippen LogP contribution is 2.32. The number of nitrogens with one attached hydrogen (secondary N) is 1. The zero-order valence-electron chi connectivity index (χ0n) is 12.8. The van der Waals surface area contributed by atoms with E-state index in [-0.39, 0.29) is 17.1 Å². The summed E-state index contributed by atoms with van der Waals surface area (Å²) >= 11 is 0. The second kappa shape index (κ2) is 6.88. The maximum atomic E-state index is 12.4. The lowest BCUT2D eigenvalue weighted by Crippen LogP contribution is -2.19. The first-order valence-corrected chi connectivity index (χ1v) is 9.03. The number of carbonyl (C=O) groups is 1. The lowest BCUT2D eigenvalue weighted by Gasteiger charge is -2.18. The van der Waals surface area contributed by atoms with Crippen LogP contribution in [0.3, 0.4) is 0 Å². The Bertz CT molecular complexity index is 837. The van der Waals surface area contributed by atoms with Crippen molar-refractivity contribution < 1.29 is 22.7 Å². The van der Waals surface area contributed by atoms with Gasteiger partial charge in [0.15, 0.2) is 21.3 Å². The number of amides is 1. The molecule has 126 valence electrons. The second-order valence-corrected chi connectivity index (χ2v) is 7.25. The fraction of sp³-hybridized carbons (Fsp3) is 0.250. The molecule has 1 N–H and O–H groups in total. The third-order valence-electron chi connectivity index (χ3n) is 3.40. The van der Waals surface area contributed by atoms with Crippen LogP contribution >= 0.6 is 0 Å². The van der Waals surface area contributed by atoms with Crippen LogP contribution in [0.4, 0.5) is 5.82 Å². The molecule has 0 radical (unpaired) electrons. The van der Waals surface area contributed by atoms with E-state index >= 15 is 0 Å². The van der Waals surface area contributed by atoms with E-state index in [4.69, 9.17) is 9.47 Å². The smallest absolute Gasteiger partial charge is 0.226 e. The zero-order chi connectivity index (χ0) is 17.0. The van der Waals surface area contributed by atoms with Crippen LogP contribution in [-0.2, 0) is 14.6 Å². The molecule has 1 aromatic heterocycles. The van der Waals surface area contributed by atoms with Crippen molar-refractivity contribution >= 4 is 21.6 Å². The number of hydrogen-bond acceptors (Lipinski definition) is 6. The Morgan fingerprint density at radius 3 is 2.67 bits per heavy atom. The summed E-state index contributed by atoms with van der Waals surface area (Å²) in [6, 6.07) is 9.54. The molecule has 0 saturated carbocycles. The van der Waals surface area contributed by atoms with E-state index in [9.17, 15) is 13.2 Å². The third kappa shape index (κ3) is 3.83. The summed E-state index contributed by atoms with van der Waals surface area (Å²) in [6.07, 6.45) is 1.38. The minimum absolute atomic E-state index is 0.109. The molecule has 0 bridgehead atoms. The largest absolute Gasteiger partial charge is 0.486 e. The fourth-order valence-electron chi connectivity index (χ4n) is 2.20. The Kier molecular flexibility index (Phi) is 4.66. The molecule has 8 heteroatoms. The van der Waals surface area contributed by atoms with Crippen LogP contribution in [0.2, 0.25) is 0 Å². The number of nitrogens with zero attached hydrogens (tertiary/aromatic N) is 1. The van der Waals surface area contributed by atoms with Crippen molar-refractivity contribution in [2.24, 2.45) is 0 Å². The molecule has 0 saturated heterocycles. The number of aromatic nitrogens is 1. The maximum absolute atomic E-state index is 12.4. The van der Waals surface area contributed by atoms with Gasteiger partial charge in [-0.3, -0.25) is 4.79 Å². The van der Waals surface area contributed by atoms with E-state index < -0.39 is 15.7 Å². The van der Waals surface area contributed by atoms with Crippen LogP contribution < -0.4 is 14.8 Å². The van der Waals surface area contributed by atoms with E-state index in [0.717, 1.165) is 0 Å². The van der Waals surface area contributed by atoms with Gasteiger partial charge in [0.05, 0.1) is 10.6 Å². The quantitative estimate of drug-likeness (QED) is 0.883. The van der Waals surface area contributed by atoms with Gasteiger partial charge in [-0.1, -0.05) is 6.07 Å². The van der Waals surface area contributed by atoms with E-state index in [1.54, 1.807) is 30.5 Å². The van der Waals surface area contributed by atoms with E-state index in [2.05, 4.69) is 10.3 Å². The summed E-state index contributed by atoms with van der Waals surface area (Å²) in [5.74, 6) is 0.605. The number of carbonyl (C=O) groups excluding carboxylic acids is 1. The number of benzene rings is 1. The Labute approximate surface area is 139 Å². The van der Waals surface area contributed by atoms with Crippen molar-refractivity contribution in [1.82, 2.24) is 4.98 Å². The molecule has 1 aliphatic rings. The second-order valence-electron chi connectivity index (χ2n) is 5.14. The highest BCUT2D eigenvalue weighted by Gasteiger charge is 2.20. The van der Waals surface area contributed by atoms with Gasteiger partial charge in [0.2, 0.25) is 5.91 Å². The predicted molar refractivity (Wildman–Crippen MR) is 87.0 cm³/mol. The lowest BCUT2D eigenvalue weighted by molar-refractivity contribution is -0.115. The summed E-state index contributed by atoms with van der Waals surface area (Å²) in [5.41, 5.74) is 0. The minimum Gasteiger partial charge on any atom is -0.486 e. The molecule has 0 spiro atoms. The van der Waals surface area contributed by atoms with E-state index in [1.807, 2.05) is 0 Å². The topological polar surface area (TPSA) is 94.6 Å². The van der Waals surface area contributed by atoms with Gasteiger partial charge in [0.1, 0.15) is 19.0 Å². The van der Waals surface area contributed by atoms with Gasteiger partial charge in [-0.15, -0.1) is 0 Å². The Balaban J connectivity index is 1.64. The number of anilines is 1. The molecule has 2 aromatic rings. The number of hydrogen-bond donors (Lipinski definition) is 1.